The molecule has 0 fully saturated rings. The van der Waals surface area contributed by atoms with Crippen molar-refractivity contribution in [3.8, 4) is 17.0 Å². The Hall–Kier alpha value is -3.92. The number of carbonyl (C=O) groups excluding carboxylic acids is 1. The highest BCUT2D eigenvalue weighted by molar-refractivity contribution is 6.12. The van der Waals surface area contributed by atoms with Crippen molar-refractivity contribution in [3.63, 3.8) is 0 Å². The number of fused-ring (bicyclic) bond motifs is 6. The van der Waals surface area contributed by atoms with Crippen LogP contribution in [0.15, 0.2) is 78.9 Å². The second-order valence-corrected chi connectivity index (χ2v) is 7.98. The molecule has 0 unspecified atom stereocenters. The largest absolute Gasteiger partial charge is 0.426 e. The van der Waals surface area contributed by atoms with E-state index < -0.39 is 0 Å². The van der Waals surface area contributed by atoms with Crippen LogP contribution in [0.1, 0.15) is 23.6 Å². The van der Waals surface area contributed by atoms with Crippen molar-refractivity contribution in [2.45, 2.75) is 19.9 Å². The molecule has 5 aromatic rings. The van der Waals surface area contributed by atoms with E-state index >= 15 is 0 Å². The van der Waals surface area contributed by atoms with Crippen molar-refractivity contribution in [1.82, 2.24) is 9.55 Å². The highest BCUT2D eigenvalue weighted by atomic mass is 16.5. The summed E-state index contributed by atoms with van der Waals surface area (Å²) in [4.78, 5) is 17.3. The van der Waals surface area contributed by atoms with Crippen LogP contribution >= 0.6 is 0 Å². The van der Waals surface area contributed by atoms with Crippen LogP contribution in [0.2, 0.25) is 0 Å². The Labute approximate surface area is 179 Å². The van der Waals surface area contributed by atoms with E-state index in [-0.39, 0.29) is 5.97 Å². The molecule has 31 heavy (non-hydrogen) atoms. The lowest BCUT2D eigenvalue weighted by Crippen LogP contribution is -2.06. The Morgan fingerprint density at radius 1 is 0.968 bits per heavy atom. The quantitative estimate of drug-likeness (QED) is 0.354. The Balaban J connectivity index is 1.72. The van der Waals surface area contributed by atoms with Gasteiger partial charge in [0.1, 0.15) is 11.4 Å². The molecule has 1 aliphatic rings. The highest BCUT2D eigenvalue weighted by Gasteiger charge is 2.29. The Morgan fingerprint density at radius 2 is 1.71 bits per heavy atom. The van der Waals surface area contributed by atoms with E-state index in [9.17, 15) is 4.79 Å². The molecule has 0 radical (unpaired) electrons. The lowest BCUT2D eigenvalue weighted by Gasteiger charge is -2.12. The third-order valence-electron chi connectivity index (χ3n) is 6.02. The zero-order valence-corrected chi connectivity index (χ0v) is 17.1. The first kappa shape index (κ1) is 17.9. The first-order chi connectivity index (χ1) is 15.2. The average molecular weight is 404 g/mol. The molecule has 2 heterocycles. The molecule has 0 aliphatic heterocycles. The number of benzene rings is 3. The van der Waals surface area contributed by atoms with Gasteiger partial charge in [0.15, 0.2) is 0 Å². The monoisotopic (exact) mass is 404 g/mol. The minimum absolute atomic E-state index is 0.314. The van der Waals surface area contributed by atoms with Gasteiger partial charge in [-0.3, -0.25) is 4.79 Å². The molecule has 150 valence electrons. The number of ether oxygens (including phenoxy) is 1. The Kier molecular flexibility index (Phi) is 3.93. The fourth-order valence-corrected chi connectivity index (χ4v) is 4.73. The lowest BCUT2D eigenvalue weighted by atomic mass is 10.1. The van der Waals surface area contributed by atoms with Gasteiger partial charge in [-0.2, -0.15) is 0 Å². The summed E-state index contributed by atoms with van der Waals surface area (Å²) in [5, 5.41) is 1.96. The number of para-hydroxylation sites is 1. The van der Waals surface area contributed by atoms with E-state index in [1.165, 1.54) is 18.1 Å². The first-order valence-corrected chi connectivity index (χ1v) is 10.4. The second kappa shape index (κ2) is 6.81. The molecular weight excluding hydrogens is 384 g/mol. The zero-order valence-electron chi connectivity index (χ0n) is 17.1. The van der Waals surface area contributed by atoms with Gasteiger partial charge in [0.2, 0.25) is 0 Å². The van der Waals surface area contributed by atoms with Crippen molar-refractivity contribution < 1.29 is 9.53 Å². The molecule has 4 heteroatoms. The number of hydrogen-bond acceptors (Lipinski definition) is 3. The molecule has 0 saturated carbocycles. The van der Waals surface area contributed by atoms with E-state index in [2.05, 4.69) is 53.1 Å². The van der Waals surface area contributed by atoms with Gasteiger partial charge in [0, 0.05) is 36.4 Å². The third-order valence-corrected chi connectivity index (χ3v) is 6.02. The number of rotatable bonds is 3. The second-order valence-electron chi connectivity index (χ2n) is 7.98. The molecule has 0 atom stereocenters. The standard InChI is InChI=1S/C27H20N2O2/c1-17(30)31-26-22-15-19-11-5-6-12-20(19)25(22)28-27-24(26)21-13-7-8-14-23(21)29(27)16-18-9-3-2-4-10-18/h2-14H,15-16H2,1H3. The Morgan fingerprint density at radius 3 is 2.55 bits per heavy atom. The number of pyridine rings is 1. The van der Waals surface area contributed by atoms with Crippen LogP contribution in [-0.2, 0) is 17.8 Å². The number of hydrogen-bond donors (Lipinski definition) is 0. The predicted molar refractivity (Wildman–Crippen MR) is 122 cm³/mol. The SMILES string of the molecule is CC(=O)Oc1c2c(nc3c1c1ccccc1n3Cc1ccccc1)-c1ccccc1C2. The van der Waals surface area contributed by atoms with E-state index in [0.717, 1.165) is 45.2 Å². The molecule has 6 rings (SSSR count). The summed E-state index contributed by atoms with van der Waals surface area (Å²) in [6.45, 7) is 2.15. The molecule has 0 saturated heterocycles. The molecule has 1 aliphatic carbocycles. The smallest absolute Gasteiger partial charge is 0.308 e. The van der Waals surface area contributed by atoms with Gasteiger partial charge in [-0.25, -0.2) is 4.98 Å². The van der Waals surface area contributed by atoms with Crippen molar-refractivity contribution in [3.05, 3.63) is 95.6 Å². The number of carbonyl (C=O) groups is 1. The summed E-state index contributed by atoms with van der Waals surface area (Å²) in [5.41, 5.74) is 7.36. The van der Waals surface area contributed by atoms with Crippen LogP contribution in [-0.4, -0.2) is 15.5 Å². The van der Waals surface area contributed by atoms with Gasteiger partial charge < -0.3 is 9.30 Å². The predicted octanol–water partition coefficient (Wildman–Crippen LogP) is 5.73. The number of aromatic nitrogens is 2. The van der Waals surface area contributed by atoms with Crippen LogP contribution in [0.4, 0.5) is 0 Å². The summed E-state index contributed by atoms with van der Waals surface area (Å²) in [5.74, 6) is 0.331. The van der Waals surface area contributed by atoms with Gasteiger partial charge in [-0.05, 0) is 17.2 Å². The van der Waals surface area contributed by atoms with E-state index in [0.29, 0.717) is 12.3 Å². The van der Waals surface area contributed by atoms with Gasteiger partial charge in [0.05, 0.1) is 16.6 Å². The Bertz CT molecular complexity index is 1480. The van der Waals surface area contributed by atoms with Gasteiger partial charge in [-0.15, -0.1) is 0 Å². The van der Waals surface area contributed by atoms with Gasteiger partial charge in [-0.1, -0.05) is 72.8 Å². The molecule has 3 aromatic carbocycles. The highest BCUT2D eigenvalue weighted by Crippen LogP contribution is 2.46. The topological polar surface area (TPSA) is 44.1 Å². The van der Waals surface area contributed by atoms with Crippen LogP contribution in [0.25, 0.3) is 33.2 Å². The van der Waals surface area contributed by atoms with Gasteiger partial charge in [0.25, 0.3) is 0 Å². The maximum absolute atomic E-state index is 12.1. The molecular formula is C27H20N2O2. The molecule has 4 nitrogen and oxygen atoms in total. The number of nitrogens with zero attached hydrogens (tertiary/aromatic N) is 2. The summed E-state index contributed by atoms with van der Waals surface area (Å²) < 4.78 is 8.11. The molecule has 0 bridgehead atoms. The zero-order chi connectivity index (χ0) is 20.9. The first-order valence-electron chi connectivity index (χ1n) is 10.4. The minimum Gasteiger partial charge on any atom is -0.426 e. The summed E-state index contributed by atoms with van der Waals surface area (Å²) >= 11 is 0. The van der Waals surface area contributed by atoms with Crippen LogP contribution in [0.3, 0.4) is 0 Å². The van der Waals surface area contributed by atoms with Crippen molar-refractivity contribution in [1.29, 1.82) is 0 Å². The summed E-state index contributed by atoms with van der Waals surface area (Å²) in [6, 6.07) is 26.9. The van der Waals surface area contributed by atoms with Crippen molar-refractivity contribution >= 4 is 27.9 Å². The van der Waals surface area contributed by atoms with E-state index in [1.807, 2.05) is 30.3 Å². The normalized spacial score (nSPS) is 12.2. The summed E-state index contributed by atoms with van der Waals surface area (Å²) in [7, 11) is 0. The van der Waals surface area contributed by atoms with Crippen molar-refractivity contribution in [2.24, 2.45) is 0 Å². The average Bonchev–Trinajstić information content (AvgIpc) is 3.31. The molecule has 0 spiro atoms. The van der Waals surface area contributed by atoms with Gasteiger partial charge >= 0.3 is 5.97 Å². The van der Waals surface area contributed by atoms with Crippen LogP contribution in [0.5, 0.6) is 5.75 Å². The van der Waals surface area contributed by atoms with Crippen LogP contribution < -0.4 is 4.74 Å². The maximum Gasteiger partial charge on any atom is 0.308 e. The van der Waals surface area contributed by atoms with Crippen LogP contribution in [0, 0.1) is 0 Å². The van der Waals surface area contributed by atoms with E-state index in [4.69, 9.17) is 9.72 Å². The van der Waals surface area contributed by atoms with Crippen molar-refractivity contribution in [2.75, 3.05) is 0 Å². The lowest BCUT2D eigenvalue weighted by molar-refractivity contribution is -0.131. The fourth-order valence-electron chi connectivity index (χ4n) is 4.73. The molecule has 2 aromatic heterocycles. The third kappa shape index (κ3) is 2.76. The summed E-state index contributed by atoms with van der Waals surface area (Å²) in [6.07, 6.45) is 0.718. The fraction of sp³-hybridized carbons (Fsp3) is 0.111. The minimum atomic E-state index is -0.314. The van der Waals surface area contributed by atoms with E-state index in [1.54, 1.807) is 0 Å². The molecule has 0 N–H and O–H groups in total. The molecule has 0 amide bonds. The number of esters is 1. The maximum atomic E-state index is 12.1.